The number of anilines is 2. The fraction of sp³-hybridized carbons (Fsp3) is 0.188. The Bertz CT molecular complexity index is 614. The molecule has 0 saturated heterocycles. The van der Waals surface area contributed by atoms with E-state index in [1.807, 2.05) is 36.2 Å². The van der Waals surface area contributed by atoms with Gasteiger partial charge in [0.05, 0.1) is 17.2 Å². The van der Waals surface area contributed by atoms with Gasteiger partial charge in [-0.3, -0.25) is 4.79 Å². The number of nitrogens with zero attached hydrogens (tertiary/aromatic N) is 1. The zero-order valence-corrected chi connectivity index (χ0v) is 12.5. The Morgan fingerprint density at radius 2 is 1.86 bits per heavy atom. The van der Waals surface area contributed by atoms with Crippen LogP contribution in [0.1, 0.15) is 10.4 Å². The number of aliphatic hydroxyl groups is 1. The number of hydrogen-bond donors (Lipinski definition) is 2. The van der Waals surface area contributed by atoms with Crippen LogP contribution in [0.2, 0.25) is 5.02 Å². The summed E-state index contributed by atoms with van der Waals surface area (Å²) in [5.41, 5.74) is 2.11. The molecule has 0 radical (unpaired) electrons. The summed E-state index contributed by atoms with van der Waals surface area (Å²) in [5.74, 6) is -0.239. The summed E-state index contributed by atoms with van der Waals surface area (Å²) in [6.07, 6.45) is 0. The largest absolute Gasteiger partial charge is 0.395 e. The highest BCUT2D eigenvalue weighted by Crippen LogP contribution is 2.19. The molecule has 1 amide bonds. The molecule has 2 N–H and O–H groups in total. The van der Waals surface area contributed by atoms with E-state index in [1.165, 1.54) is 0 Å². The first-order chi connectivity index (χ1) is 10.1. The van der Waals surface area contributed by atoms with Crippen molar-refractivity contribution in [3.05, 3.63) is 59.1 Å². The van der Waals surface area contributed by atoms with Crippen molar-refractivity contribution in [2.24, 2.45) is 0 Å². The Labute approximate surface area is 129 Å². The lowest BCUT2D eigenvalue weighted by Crippen LogP contribution is -2.21. The molecule has 0 saturated carbocycles. The molecule has 2 aromatic rings. The van der Waals surface area contributed by atoms with Crippen LogP contribution >= 0.6 is 11.6 Å². The minimum absolute atomic E-state index is 0.0987. The fourth-order valence-electron chi connectivity index (χ4n) is 1.92. The number of carbonyl (C=O) groups is 1. The predicted octanol–water partition coefficient (Wildman–Crippen LogP) is 3.02. The number of benzene rings is 2. The van der Waals surface area contributed by atoms with Crippen LogP contribution in [0.3, 0.4) is 0 Å². The van der Waals surface area contributed by atoms with Crippen molar-refractivity contribution in [3.8, 4) is 0 Å². The quantitative estimate of drug-likeness (QED) is 0.893. The molecule has 0 bridgehead atoms. The van der Waals surface area contributed by atoms with Crippen molar-refractivity contribution in [2.45, 2.75) is 0 Å². The Morgan fingerprint density at radius 1 is 1.19 bits per heavy atom. The van der Waals surface area contributed by atoms with Gasteiger partial charge in [-0.25, -0.2) is 0 Å². The topological polar surface area (TPSA) is 52.6 Å². The minimum Gasteiger partial charge on any atom is -0.395 e. The van der Waals surface area contributed by atoms with Gasteiger partial charge in [0.1, 0.15) is 0 Å². The third-order valence-corrected chi connectivity index (χ3v) is 3.45. The first kappa shape index (κ1) is 15.4. The molecular weight excluding hydrogens is 288 g/mol. The number of rotatable bonds is 5. The fourth-order valence-corrected chi connectivity index (χ4v) is 2.14. The summed E-state index contributed by atoms with van der Waals surface area (Å²) >= 11 is 6.00. The second-order valence-electron chi connectivity index (χ2n) is 4.63. The first-order valence-electron chi connectivity index (χ1n) is 6.60. The van der Waals surface area contributed by atoms with Crippen LogP contribution in [0.15, 0.2) is 48.5 Å². The average Bonchev–Trinajstić information content (AvgIpc) is 2.48. The van der Waals surface area contributed by atoms with E-state index in [-0.39, 0.29) is 12.5 Å². The van der Waals surface area contributed by atoms with Gasteiger partial charge in [-0.15, -0.1) is 0 Å². The lowest BCUT2D eigenvalue weighted by Gasteiger charge is -2.18. The molecule has 0 aliphatic carbocycles. The Balaban J connectivity index is 2.07. The number of likely N-dealkylation sites (N-methyl/N-ethyl adjacent to an activating group) is 1. The molecule has 0 spiro atoms. The maximum Gasteiger partial charge on any atom is 0.257 e. The molecular formula is C16H17ClN2O2. The molecule has 4 nitrogen and oxygen atoms in total. The van der Waals surface area contributed by atoms with Crippen molar-refractivity contribution >= 4 is 28.9 Å². The monoisotopic (exact) mass is 304 g/mol. The van der Waals surface area contributed by atoms with Crippen LogP contribution in [-0.2, 0) is 0 Å². The molecule has 2 rings (SSSR count). The number of halogens is 1. The van der Waals surface area contributed by atoms with Crippen molar-refractivity contribution in [1.82, 2.24) is 0 Å². The molecule has 0 fully saturated rings. The number of aliphatic hydroxyl groups excluding tert-OH is 1. The summed E-state index contributed by atoms with van der Waals surface area (Å²) in [5, 5.41) is 12.1. The summed E-state index contributed by atoms with van der Waals surface area (Å²) < 4.78 is 0. The maximum atomic E-state index is 12.1. The van der Waals surface area contributed by atoms with E-state index >= 15 is 0 Å². The predicted molar refractivity (Wildman–Crippen MR) is 86.2 cm³/mol. The summed E-state index contributed by atoms with van der Waals surface area (Å²) in [6, 6.07) is 14.3. The molecule has 0 unspecified atom stereocenters. The van der Waals surface area contributed by atoms with E-state index in [9.17, 15) is 4.79 Å². The van der Waals surface area contributed by atoms with Gasteiger partial charge in [0.15, 0.2) is 0 Å². The van der Waals surface area contributed by atoms with Gasteiger partial charge in [-0.05, 0) is 36.4 Å². The van der Waals surface area contributed by atoms with Crippen molar-refractivity contribution < 1.29 is 9.90 Å². The van der Waals surface area contributed by atoms with E-state index in [2.05, 4.69) is 5.32 Å². The standard InChI is InChI=1S/C16H17ClN2O2/c1-19(10-11-20)13-8-6-12(7-9-13)18-16(21)14-4-2-3-5-15(14)17/h2-9,20H,10-11H2,1H3,(H,18,21). The smallest absolute Gasteiger partial charge is 0.257 e. The molecule has 0 aliphatic rings. The molecule has 0 atom stereocenters. The third-order valence-electron chi connectivity index (χ3n) is 3.12. The Hall–Kier alpha value is -2.04. The van der Waals surface area contributed by atoms with Gasteiger partial charge in [0, 0.05) is 25.0 Å². The molecule has 2 aromatic carbocycles. The third kappa shape index (κ3) is 3.97. The van der Waals surface area contributed by atoms with E-state index in [1.54, 1.807) is 24.3 Å². The van der Waals surface area contributed by atoms with Crippen LogP contribution in [-0.4, -0.2) is 31.2 Å². The van der Waals surface area contributed by atoms with E-state index in [0.717, 1.165) is 5.69 Å². The summed E-state index contributed by atoms with van der Waals surface area (Å²) in [6.45, 7) is 0.660. The van der Waals surface area contributed by atoms with Crippen LogP contribution in [0.4, 0.5) is 11.4 Å². The number of nitrogens with one attached hydrogen (secondary N) is 1. The zero-order chi connectivity index (χ0) is 15.2. The van der Waals surface area contributed by atoms with Crippen molar-refractivity contribution in [1.29, 1.82) is 0 Å². The van der Waals surface area contributed by atoms with E-state index < -0.39 is 0 Å². The summed E-state index contributed by atoms with van der Waals surface area (Å²) in [7, 11) is 1.90. The molecule has 5 heteroatoms. The SMILES string of the molecule is CN(CCO)c1ccc(NC(=O)c2ccccc2Cl)cc1. The van der Waals surface area contributed by atoms with Gasteiger partial charge in [-0.1, -0.05) is 23.7 Å². The normalized spacial score (nSPS) is 10.2. The molecule has 110 valence electrons. The van der Waals surface area contributed by atoms with Crippen molar-refractivity contribution in [2.75, 3.05) is 30.4 Å². The van der Waals surface area contributed by atoms with E-state index in [0.29, 0.717) is 22.8 Å². The average molecular weight is 305 g/mol. The number of carbonyl (C=O) groups excluding carboxylic acids is 1. The van der Waals surface area contributed by atoms with Crippen LogP contribution in [0.25, 0.3) is 0 Å². The van der Waals surface area contributed by atoms with Crippen molar-refractivity contribution in [3.63, 3.8) is 0 Å². The van der Waals surface area contributed by atoms with Gasteiger partial charge < -0.3 is 15.3 Å². The van der Waals surface area contributed by atoms with Crippen LogP contribution in [0, 0.1) is 0 Å². The minimum atomic E-state index is -0.239. The molecule has 0 aromatic heterocycles. The highest BCUT2D eigenvalue weighted by atomic mass is 35.5. The molecule has 0 heterocycles. The highest BCUT2D eigenvalue weighted by Gasteiger charge is 2.09. The maximum absolute atomic E-state index is 12.1. The summed E-state index contributed by atoms with van der Waals surface area (Å²) in [4.78, 5) is 14.0. The molecule has 0 aliphatic heterocycles. The Kier molecular flexibility index (Phi) is 5.20. The van der Waals surface area contributed by atoms with E-state index in [4.69, 9.17) is 16.7 Å². The Morgan fingerprint density at radius 3 is 2.48 bits per heavy atom. The zero-order valence-electron chi connectivity index (χ0n) is 11.7. The van der Waals surface area contributed by atoms with Gasteiger partial charge in [0.25, 0.3) is 5.91 Å². The highest BCUT2D eigenvalue weighted by molar-refractivity contribution is 6.34. The second kappa shape index (κ2) is 7.11. The first-order valence-corrected chi connectivity index (χ1v) is 6.97. The van der Waals surface area contributed by atoms with Gasteiger partial charge in [0.2, 0.25) is 0 Å². The lowest BCUT2D eigenvalue weighted by molar-refractivity contribution is 0.102. The second-order valence-corrected chi connectivity index (χ2v) is 5.03. The lowest BCUT2D eigenvalue weighted by atomic mass is 10.2. The van der Waals surface area contributed by atoms with Crippen LogP contribution < -0.4 is 10.2 Å². The van der Waals surface area contributed by atoms with Gasteiger partial charge in [-0.2, -0.15) is 0 Å². The number of amides is 1. The van der Waals surface area contributed by atoms with Gasteiger partial charge >= 0.3 is 0 Å². The van der Waals surface area contributed by atoms with Crippen LogP contribution in [0.5, 0.6) is 0 Å². The molecule has 21 heavy (non-hydrogen) atoms. The number of hydrogen-bond acceptors (Lipinski definition) is 3.